The van der Waals surface area contributed by atoms with Gasteiger partial charge in [0.15, 0.2) is 0 Å². The highest BCUT2D eigenvalue weighted by molar-refractivity contribution is 5.79. The molecule has 2 bridgehead atoms. The molecule has 2 aliphatic carbocycles. The summed E-state index contributed by atoms with van der Waals surface area (Å²) in [5.41, 5.74) is 1.20. The summed E-state index contributed by atoms with van der Waals surface area (Å²) in [6.45, 7) is 0. The molecule has 1 saturated carbocycles. The molecule has 0 aromatic rings. The monoisotopic (exact) mass is 166 g/mol. The van der Waals surface area contributed by atoms with E-state index in [1.54, 1.807) is 0 Å². The van der Waals surface area contributed by atoms with Gasteiger partial charge in [0, 0.05) is 5.92 Å². The summed E-state index contributed by atoms with van der Waals surface area (Å²) in [6.07, 6.45) is 3.32. The van der Waals surface area contributed by atoms with Crippen molar-refractivity contribution in [1.29, 1.82) is 0 Å². The third-order valence-electron chi connectivity index (χ3n) is 3.33. The molecule has 4 atom stereocenters. The van der Waals surface area contributed by atoms with Crippen molar-refractivity contribution in [3.8, 4) is 0 Å². The van der Waals surface area contributed by atoms with Crippen LogP contribution in [0, 0.1) is 17.8 Å². The Morgan fingerprint density at radius 1 is 1.58 bits per heavy atom. The second-order valence-electron chi connectivity index (χ2n) is 3.86. The fourth-order valence-corrected chi connectivity index (χ4v) is 2.82. The first-order chi connectivity index (χ1) is 5.77. The van der Waals surface area contributed by atoms with E-state index >= 15 is 0 Å². The smallest absolute Gasteiger partial charge is 0.315 e. The van der Waals surface area contributed by atoms with Crippen LogP contribution in [-0.2, 0) is 9.53 Å². The number of allylic oxidation sites excluding steroid dienone is 1. The van der Waals surface area contributed by atoms with E-state index < -0.39 is 6.29 Å². The molecule has 64 valence electrons. The van der Waals surface area contributed by atoms with Gasteiger partial charge in [0.05, 0.1) is 5.92 Å². The number of aliphatic hydroxyl groups is 1. The molecule has 3 rings (SSSR count). The van der Waals surface area contributed by atoms with E-state index in [1.165, 1.54) is 5.57 Å². The molecule has 1 saturated heterocycles. The van der Waals surface area contributed by atoms with E-state index in [0.29, 0.717) is 5.92 Å². The van der Waals surface area contributed by atoms with Crippen molar-refractivity contribution in [2.24, 2.45) is 17.8 Å². The van der Waals surface area contributed by atoms with Crippen molar-refractivity contribution in [2.45, 2.75) is 19.1 Å². The van der Waals surface area contributed by atoms with Crippen molar-refractivity contribution < 1.29 is 14.6 Å². The van der Waals surface area contributed by atoms with E-state index in [4.69, 9.17) is 4.74 Å². The van der Waals surface area contributed by atoms with E-state index in [1.807, 2.05) is 0 Å². The fourth-order valence-electron chi connectivity index (χ4n) is 2.82. The Labute approximate surface area is 70.0 Å². The van der Waals surface area contributed by atoms with Gasteiger partial charge in [-0.3, -0.25) is 4.79 Å². The number of cyclic esters (lactones) is 1. The Morgan fingerprint density at radius 3 is 3.17 bits per heavy atom. The van der Waals surface area contributed by atoms with Crippen molar-refractivity contribution in [2.75, 3.05) is 0 Å². The maximum Gasteiger partial charge on any atom is 0.315 e. The Hall–Kier alpha value is -0.830. The van der Waals surface area contributed by atoms with E-state index in [9.17, 15) is 9.90 Å². The van der Waals surface area contributed by atoms with Gasteiger partial charge in [0.2, 0.25) is 6.29 Å². The topological polar surface area (TPSA) is 46.5 Å². The normalized spacial score (nSPS) is 49.1. The Bertz CT molecular complexity index is 281. The van der Waals surface area contributed by atoms with Crippen LogP contribution in [0.1, 0.15) is 12.8 Å². The highest BCUT2D eigenvalue weighted by Gasteiger charge is 2.55. The Balaban J connectivity index is 2.05. The highest BCUT2D eigenvalue weighted by Crippen LogP contribution is 2.53. The lowest BCUT2D eigenvalue weighted by atomic mass is 9.85. The summed E-state index contributed by atoms with van der Waals surface area (Å²) in [5, 5.41) is 9.42. The van der Waals surface area contributed by atoms with Gasteiger partial charge >= 0.3 is 5.97 Å². The van der Waals surface area contributed by atoms with E-state index in [0.717, 1.165) is 12.8 Å². The first-order valence-corrected chi connectivity index (χ1v) is 4.35. The lowest BCUT2D eigenvalue weighted by molar-refractivity contribution is -0.158. The standard InChI is InChI=1S/C9H10O3/c10-8-6-4-1-2-5(3-4)7(6)9(11)12-8/h1,5-7,9,11H,2-3H2/t5-,6-,7-,9-/m1/s1. The molecule has 2 fully saturated rings. The van der Waals surface area contributed by atoms with Gasteiger partial charge in [0.1, 0.15) is 0 Å². The largest absolute Gasteiger partial charge is 0.435 e. The molecule has 0 unspecified atom stereocenters. The number of hydrogen-bond acceptors (Lipinski definition) is 3. The molecule has 0 spiro atoms. The minimum atomic E-state index is -0.835. The lowest BCUT2D eigenvalue weighted by Gasteiger charge is -2.17. The second kappa shape index (κ2) is 1.91. The number of aliphatic hydroxyl groups excluding tert-OH is 1. The van der Waals surface area contributed by atoms with Gasteiger partial charge in [0.25, 0.3) is 0 Å². The fraction of sp³-hybridized carbons (Fsp3) is 0.667. The number of esters is 1. The van der Waals surface area contributed by atoms with Crippen LogP contribution in [0.25, 0.3) is 0 Å². The molecular formula is C9H10O3. The maximum atomic E-state index is 11.2. The third-order valence-corrected chi connectivity index (χ3v) is 3.33. The van der Waals surface area contributed by atoms with Crippen molar-refractivity contribution >= 4 is 5.97 Å². The van der Waals surface area contributed by atoms with Crippen LogP contribution >= 0.6 is 0 Å². The molecule has 0 amide bonds. The summed E-state index contributed by atoms with van der Waals surface area (Å²) in [7, 11) is 0. The Kier molecular flexibility index (Phi) is 1.06. The zero-order valence-corrected chi connectivity index (χ0v) is 6.56. The van der Waals surface area contributed by atoms with E-state index in [-0.39, 0.29) is 17.8 Å². The molecule has 1 heterocycles. The van der Waals surface area contributed by atoms with Crippen LogP contribution in [0.2, 0.25) is 0 Å². The lowest BCUT2D eigenvalue weighted by Crippen LogP contribution is -2.23. The van der Waals surface area contributed by atoms with Crippen molar-refractivity contribution in [1.82, 2.24) is 0 Å². The quantitative estimate of drug-likeness (QED) is 0.419. The predicted octanol–water partition coefficient (Wildman–Crippen LogP) is 0.444. The van der Waals surface area contributed by atoms with Crippen molar-refractivity contribution in [3.05, 3.63) is 11.6 Å². The first-order valence-electron chi connectivity index (χ1n) is 4.35. The third kappa shape index (κ3) is 0.591. The maximum absolute atomic E-state index is 11.2. The van der Waals surface area contributed by atoms with Gasteiger partial charge in [-0.25, -0.2) is 0 Å². The number of fused-ring (bicyclic) bond motifs is 5. The van der Waals surface area contributed by atoms with Gasteiger partial charge in [-0.2, -0.15) is 0 Å². The van der Waals surface area contributed by atoms with Gasteiger partial charge in [-0.15, -0.1) is 0 Å². The minimum Gasteiger partial charge on any atom is -0.435 e. The zero-order chi connectivity index (χ0) is 8.29. The SMILES string of the molecule is O=C1O[C@@H](O)[C@@H]2[C@@H]3CC=C(C3)[C@@H]12. The molecule has 0 aromatic carbocycles. The zero-order valence-electron chi connectivity index (χ0n) is 6.56. The van der Waals surface area contributed by atoms with Gasteiger partial charge in [-0.05, 0) is 18.8 Å². The molecule has 12 heavy (non-hydrogen) atoms. The molecule has 1 aliphatic heterocycles. The predicted molar refractivity (Wildman–Crippen MR) is 39.9 cm³/mol. The summed E-state index contributed by atoms with van der Waals surface area (Å²) < 4.78 is 4.78. The van der Waals surface area contributed by atoms with Gasteiger partial charge < -0.3 is 9.84 Å². The molecule has 3 aliphatic rings. The summed E-state index contributed by atoms with van der Waals surface area (Å²) in [5.74, 6) is 0.212. The number of carbonyl (C=O) groups excluding carboxylic acids is 1. The minimum absolute atomic E-state index is 0.0671. The van der Waals surface area contributed by atoms with E-state index in [2.05, 4.69) is 6.08 Å². The summed E-state index contributed by atoms with van der Waals surface area (Å²) >= 11 is 0. The summed E-state index contributed by atoms with van der Waals surface area (Å²) in [4.78, 5) is 11.2. The van der Waals surface area contributed by atoms with Gasteiger partial charge in [-0.1, -0.05) is 11.6 Å². The van der Waals surface area contributed by atoms with Crippen LogP contribution in [-0.4, -0.2) is 17.4 Å². The highest BCUT2D eigenvalue weighted by atomic mass is 16.6. The summed E-state index contributed by atoms with van der Waals surface area (Å²) in [6, 6.07) is 0. The first kappa shape index (κ1) is 6.66. The van der Waals surface area contributed by atoms with Crippen LogP contribution < -0.4 is 0 Å². The molecule has 3 heteroatoms. The number of rotatable bonds is 0. The average Bonchev–Trinajstić information content (AvgIpc) is 2.64. The molecular weight excluding hydrogens is 156 g/mol. The van der Waals surface area contributed by atoms with Crippen LogP contribution in [0.5, 0.6) is 0 Å². The second-order valence-corrected chi connectivity index (χ2v) is 3.86. The number of ether oxygens (including phenoxy) is 1. The molecule has 0 aromatic heterocycles. The van der Waals surface area contributed by atoms with Crippen LogP contribution in [0.3, 0.4) is 0 Å². The molecule has 0 radical (unpaired) electrons. The van der Waals surface area contributed by atoms with Crippen molar-refractivity contribution in [3.63, 3.8) is 0 Å². The number of hydrogen-bond donors (Lipinski definition) is 1. The average molecular weight is 166 g/mol. The molecule has 3 nitrogen and oxygen atoms in total. The molecule has 1 N–H and O–H groups in total. The van der Waals surface area contributed by atoms with Crippen LogP contribution in [0.4, 0.5) is 0 Å². The Morgan fingerprint density at radius 2 is 2.42 bits per heavy atom. The van der Waals surface area contributed by atoms with Crippen LogP contribution in [0.15, 0.2) is 11.6 Å². The number of carbonyl (C=O) groups is 1.